The number of ether oxygens (including phenoxy) is 2. The van der Waals surface area contributed by atoms with E-state index in [4.69, 9.17) is 9.47 Å². The summed E-state index contributed by atoms with van der Waals surface area (Å²) in [5, 5.41) is 9.20. The molecule has 0 saturated heterocycles. The van der Waals surface area contributed by atoms with Gasteiger partial charge in [0.25, 0.3) is 0 Å². The van der Waals surface area contributed by atoms with Crippen LogP contribution in [0.25, 0.3) is 6.08 Å². The predicted octanol–water partition coefficient (Wildman–Crippen LogP) is 2.23. The maximum atomic E-state index is 9.20. The molecule has 0 fully saturated rings. The molecule has 82 valence electrons. The van der Waals surface area contributed by atoms with Gasteiger partial charge in [-0.25, -0.2) is 0 Å². The number of allylic oxidation sites excluding steroid dienone is 1. The molecule has 1 rings (SSSR count). The maximum Gasteiger partial charge on any atom is 0.161 e. The molecule has 0 aliphatic carbocycles. The highest BCUT2D eigenvalue weighted by atomic mass is 16.5. The van der Waals surface area contributed by atoms with E-state index in [9.17, 15) is 5.11 Å². The summed E-state index contributed by atoms with van der Waals surface area (Å²) in [6.45, 7) is 1.91. The minimum Gasteiger partial charge on any atom is -0.493 e. The summed E-state index contributed by atoms with van der Waals surface area (Å²) in [4.78, 5) is 0. The number of aliphatic hydroxyl groups excluding tert-OH is 1. The summed E-state index contributed by atoms with van der Waals surface area (Å²) in [7, 11) is 3.17. The van der Waals surface area contributed by atoms with Crippen LogP contribution in [0, 0.1) is 0 Å². The number of hydrogen-bond acceptors (Lipinski definition) is 3. The monoisotopic (exact) mass is 208 g/mol. The molecule has 0 bridgehead atoms. The molecule has 3 nitrogen and oxygen atoms in total. The molecule has 0 saturated carbocycles. The van der Waals surface area contributed by atoms with Gasteiger partial charge in [0.05, 0.1) is 20.8 Å². The fourth-order valence-corrected chi connectivity index (χ4v) is 1.41. The Balaban J connectivity index is 3.27. The Labute approximate surface area is 90.0 Å². The highest BCUT2D eigenvalue weighted by Crippen LogP contribution is 2.31. The first-order chi connectivity index (χ1) is 7.26. The lowest BCUT2D eigenvalue weighted by Gasteiger charge is -2.11. The van der Waals surface area contributed by atoms with Crippen LogP contribution in [0.1, 0.15) is 18.1 Å². The Morgan fingerprint density at radius 3 is 2.27 bits per heavy atom. The molecule has 0 radical (unpaired) electrons. The molecule has 15 heavy (non-hydrogen) atoms. The summed E-state index contributed by atoms with van der Waals surface area (Å²) in [6, 6.07) is 3.64. The van der Waals surface area contributed by atoms with E-state index in [1.165, 1.54) is 0 Å². The van der Waals surface area contributed by atoms with E-state index in [1.54, 1.807) is 20.3 Å². The fraction of sp³-hybridized carbons (Fsp3) is 0.333. The van der Waals surface area contributed by atoms with Crippen molar-refractivity contribution in [3.8, 4) is 11.5 Å². The third-order valence-electron chi connectivity index (χ3n) is 2.16. The fourth-order valence-electron chi connectivity index (χ4n) is 1.41. The summed E-state index contributed by atoms with van der Waals surface area (Å²) >= 11 is 0. The number of hydrogen-bond donors (Lipinski definition) is 1. The van der Waals surface area contributed by atoms with Crippen molar-refractivity contribution in [3.63, 3.8) is 0 Å². The molecule has 0 aliphatic heterocycles. The number of methoxy groups -OCH3 is 2. The van der Waals surface area contributed by atoms with Crippen molar-refractivity contribution in [2.75, 3.05) is 14.2 Å². The molecule has 0 atom stereocenters. The van der Waals surface area contributed by atoms with E-state index in [-0.39, 0.29) is 6.61 Å². The molecule has 0 amide bonds. The van der Waals surface area contributed by atoms with E-state index >= 15 is 0 Å². The van der Waals surface area contributed by atoms with Gasteiger partial charge in [0, 0.05) is 0 Å². The normalized spacial score (nSPS) is 10.7. The topological polar surface area (TPSA) is 38.7 Å². The van der Waals surface area contributed by atoms with Gasteiger partial charge < -0.3 is 14.6 Å². The Hall–Kier alpha value is -1.48. The van der Waals surface area contributed by atoms with Crippen LogP contribution in [0.4, 0.5) is 0 Å². The lowest BCUT2D eigenvalue weighted by Crippen LogP contribution is -1.95. The number of aliphatic hydroxyl groups is 1. The van der Waals surface area contributed by atoms with Gasteiger partial charge in [-0.1, -0.05) is 12.2 Å². The molecule has 0 spiro atoms. The second kappa shape index (κ2) is 5.41. The van der Waals surface area contributed by atoms with Crippen molar-refractivity contribution >= 4 is 6.08 Å². The Morgan fingerprint density at radius 1 is 1.20 bits per heavy atom. The molecule has 0 unspecified atom stereocenters. The largest absolute Gasteiger partial charge is 0.493 e. The molecular formula is C12H16O3. The molecular weight excluding hydrogens is 192 g/mol. The SMILES string of the molecule is CC=Cc1cc(OC)c(OC)cc1CO. The van der Waals surface area contributed by atoms with E-state index in [1.807, 2.05) is 25.1 Å². The van der Waals surface area contributed by atoms with Crippen molar-refractivity contribution in [3.05, 3.63) is 29.3 Å². The van der Waals surface area contributed by atoms with Crippen LogP contribution in [0.5, 0.6) is 11.5 Å². The summed E-state index contributed by atoms with van der Waals surface area (Å²) < 4.78 is 10.3. The van der Waals surface area contributed by atoms with Crippen LogP contribution < -0.4 is 9.47 Å². The first kappa shape index (κ1) is 11.6. The number of rotatable bonds is 4. The summed E-state index contributed by atoms with van der Waals surface area (Å²) in [5.74, 6) is 1.30. The van der Waals surface area contributed by atoms with Gasteiger partial charge in [-0.05, 0) is 30.2 Å². The predicted molar refractivity (Wildman–Crippen MR) is 60.2 cm³/mol. The van der Waals surface area contributed by atoms with Crippen LogP contribution in [0.2, 0.25) is 0 Å². The van der Waals surface area contributed by atoms with E-state index < -0.39 is 0 Å². The first-order valence-corrected chi connectivity index (χ1v) is 4.75. The Morgan fingerprint density at radius 2 is 1.80 bits per heavy atom. The standard InChI is InChI=1S/C12H16O3/c1-4-5-9-6-11(14-2)12(15-3)7-10(9)8-13/h4-7,13H,8H2,1-3H3. The quantitative estimate of drug-likeness (QED) is 0.824. The second-order valence-electron chi connectivity index (χ2n) is 3.06. The zero-order valence-corrected chi connectivity index (χ0v) is 9.28. The van der Waals surface area contributed by atoms with Gasteiger partial charge >= 0.3 is 0 Å². The highest BCUT2D eigenvalue weighted by molar-refractivity contribution is 5.60. The zero-order chi connectivity index (χ0) is 11.3. The molecule has 1 aromatic rings. The van der Waals surface area contributed by atoms with Crippen molar-refractivity contribution in [2.24, 2.45) is 0 Å². The summed E-state index contributed by atoms with van der Waals surface area (Å²) in [6.07, 6.45) is 3.84. The van der Waals surface area contributed by atoms with Gasteiger partial charge in [-0.2, -0.15) is 0 Å². The second-order valence-corrected chi connectivity index (χ2v) is 3.06. The molecule has 3 heteroatoms. The average Bonchev–Trinajstić information content (AvgIpc) is 2.28. The van der Waals surface area contributed by atoms with Crippen LogP contribution in [0.3, 0.4) is 0 Å². The Kier molecular flexibility index (Phi) is 4.18. The van der Waals surface area contributed by atoms with Crippen molar-refractivity contribution in [2.45, 2.75) is 13.5 Å². The van der Waals surface area contributed by atoms with E-state index in [0.29, 0.717) is 11.5 Å². The smallest absolute Gasteiger partial charge is 0.161 e. The van der Waals surface area contributed by atoms with Crippen molar-refractivity contribution < 1.29 is 14.6 Å². The van der Waals surface area contributed by atoms with Gasteiger partial charge in [-0.15, -0.1) is 0 Å². The highest BCUT2D eigenvalue weighted by Gasteiger charge is 2.08. The van der Waals surface area contributed by atoms with Crippen molar-refractivity contribution in [1.29, 1.82) is 0 Å². The third kappa shape index (κ3) is 2.50. The van der Waals surface area contributed by atoms with Crippen LogP contribution in [0.15, 0.2) is 18.2 Å². The molecule has 1 aromatic carbocycles. The van der Waals surface area contributed by atoms with Crippen molar-refractivity contribution in [1.82, 2.24) is 0 Å². The van der Waals surface area contributed by atoms with Gasteiger partial charge in [0.2, 0.25) is 0 Å². The van der Waals surface area contributed by atoms with Crippen LogP contribution >= 0.6 is 0 Å². The first-order valence-electron chi connectivity index (χ1n) is 4.75. The maximum absolute atomic E-state index is 9.20. The summed E-state index contributed by atoms with van der Waals surface area (Å²) in [5.41, 5.74) is 1.77. The van der Waals surface area contributed by atoms with Crippen LogP contribution in [-0.2, 0) is 6.61 Å². The molecule has 1 N–H and O–H groups in total. The Bertz CT molecular complexity index is 356. The molecule has 0 aromatic heterocycles. The van der Waals surface area contributed by atoms with E-state index in [2.05, 4.69) is 0 Å². The molecule has 0 heterocycles. The lowest BCUT2D eigenvalue weighted by atomic mass is 10.1. The van der Waals surface area contributed by atoms with Crippen LogP contribution in [-0.4, -0.2) is 19.3 Å². The molecule has 0 aliphatic rings. The number of benzene rings is 1. The third-order valence-corrected chi connectivity index (χ3v) is 2.16. The lowest BCUT2D eigenvalue weighted by molar-refractivity contribution is 0.280. The van der Waals surface area contributed by atoms with Gasteiger partial charge in [-0.3, -0.25) is 0 Å². The minimum atomic E-state index is -0.0139. The van der Waals surface area contributed by atoms with E-state index in [0.717, 1.165) is 11.1 Å². The minimum absolute atomic E-state index is 0.0139. The average molecular weight is 208 g/mol. The zero-order valence-electron chi connectivity index (χ0n) is 9.28. The van der Waals surface area contributed by atoms with Gasteiger partial charge in [0.15, 0.2) is 11.5 Å². The van der Waals surface area contributed by atoms with Gasteiger partial charge in [0.1, 0.15) is 0 Å².